The standard InChI is InChI=1S/C12H16F3N3O3S.ClH/c13-12(14,15)7-21-11-4-3-9(6-17-11)22(19,20)18-10(5-16)8-1-2-8;/h3-4,6,8,10,18H,1-2,5,7,16H2;1H. The third kappa shape index (κ3) is 6.13. The zero-order chi connectivity index (χ0) is 16.4. The number of alkyl halides is 3. The van der Waals surface area contributed by atoms with E-state index in [0.29, 0.717) is 0 Å². The summed E-state index contributed by atoms with van der Waals surface area (Å²) in [4.78, 5) is 3.42. The molecular weight excluding hydrogens is 359 g/mol. The highest BCUT2D eigenvalue weighted by molar-refractivity contribution is 7.89. The van der Waals surface area contributed by atoms with Crippen LogP contribution in [0.4, 0.5) is 13.2 Å². The summed E-state index contributed by atoms with van der Waals surface area (Å²) in [6.45, 7) is -1.30. The second-order valence-electron chi connectivity index (χ2n) is 5.04. The van der Waals surface area contributed by atoms with Crippen molar-refractivity contribution in [2.24, 2.45) is 11.7 Å². The number of ether oxygens (including phenoxy) is 1. The van der Waals surface area contributed by atoms with Crippen molar-refractivity contribution in [2.75, 3.05) is 13.2 Å². The average molecular weight is 376 g/mol. The van der Waals surface area contributed by atoms with Crippen molar-refractivity contribution >= 4 is 22.4 Å². The summed E-state index contributed by atoms with van der Waals surface area (Å²) in [6, 6.07) is 1.88. The minimum atomic E-state index is -4.48. The highest BCUT2D eigenvalue weighted by Gasteiger charge is 2.33. The van der Waals surface area contributed by atoms with E-state index >= 15 is 0 Å². The van der Waals surface area contributed by atoms with Gasteiger partial charge in [0, 0.05) is 18.7 Å². The Morgan fingerprint density at radius 2 is 2.04 bits per heavy atom. The quantitative estimate of drug-likeness (QED) is 0.752. The van der Waals surface area contributed by atoms with Crippen molar-refractivity contribution < 1.29 is 26.3 Å². The first-order valence-electron chi connectivity index (χ1n) is 6.59. The molecule has 1 fully saturated rings. The van der Waals surface area contributed by atoms with Crippen LogP contribution >= 0.6 is 12.4 Å². The van der Waals surface area contributed by atoms with Crippen molar-refractivity contribution in [1.82, 2.24) is 9.71 Å². The molecule has 1 aromatic rings. The van der Waals surface area contributed by atoms with Crippen LogP contribution in [0.1, 0.15) is 12.8 Å². The second kappa shape index (κ2) is 7.65. The third-order valence-electron chi connectivity index (χ3n) is 3.15. The Labute approximate surface area is 138 Å². The molecule has 1 heterocycles. The molecule has 0 amide bonds. The molecule has 1 atom stereocenters. The summed E-state index contributed by atoms with van der Waals surface area (Å²) < 4.78 is 67.2. The van der Waals surface area contributed by atoms with Crippen LogP contribution in [0.25, 0.3) is 0 Å². The molecule has 1 saturated carbocycles. The minimum absolute atomic E-state index is 0. The van der Waals surface area contributed by atoms with Crippen LogP contribution in [-0.4, -0.2) is 38.8 Å². The first-order chi connectivity index (χ1) is 10.2. The fourth-order valence-corrected chi connectivity index (χ4v) is 3.13. The van der Waals surface area contributed by atoms with Gasteiger partial charge in [0.15, 0.2) is 6.61 Å². The number of sulfonamides is 1. The molecular formula is C12H17ClF3N3O3S. The normalized spacial score (nSPS) is 16.5. The van der Waals surface area contributed by atoms with E-state index in [2.05, 4.69) is 14.4 Å². The van der Waals surface area contributed by atoms with Crippen LogP contribution < -0.4 is 15.2 Å². The number of pyridine rings is 1. The molecule has 1 aliphatic carbocycles. The molecule has 1 unspecified atom stereocenters. The molecule has 132 valence electrons. The Balaban J connectivity index is 0.00000264. The monoisotopic (exact) mass is 375 g/mol. The van der Waals surface area contributed by atoms with Gasteiger partial charge in [-0.15, -0.1) is 12.4 Å². The lowest BCUT2D eigenvalue weighted by Gasteiger charge is -2.16. The van der Waals surface area contributed by atoms with Crippen molar-refractivity contribution in [3.05, 3.63) is 18.3 Å². The lowest BCUT2D eigenvalue weighted by molar-refractivity contribution is -0.154. The van der Waals surface area contributed by atoms with E-state index in [4.69, 9.17) is 5.73 Å². The summed E-state index contributed by atoms with van der Waals surface area (Å²) in [6.07, 6.45) is -1.68. The van der Waals surface area contributed by atoms with E-state index in [-0.39, 0.29) is 41.7 Å². The van der Waals surface area contributed by atoms with Gasteiger partial charge in [-0.1, -0.05) is 0 Å². The van der Waals surface area contributed by atoms with Gasteiger partial charge >= 0.3 is 6.18 Å². The first kappa shape index (κ1) is 19.9. The van der Waals surface area contributed by atoms with Crippen LogP contribution in [-0.2, 0) is 10.0 Å². The predicted molar refractivity (Wildman–Crippen MR) is 78.9 cm³/mol. The summed E-state index contributed by atoms with van der Waals surface area (Å²) in [5, 5.41) is 0. The highest BCUT2D eigenvalue weighted by Crippen LogP contribution is 2.32. The lowest BCUT2D eigenvalue weighted by atomic mass is 10.2. The molecule has 0 spiro atoms. The maximum absolute atomic E-state index is 12.1. The molecule has 1 aliphatic rings. The number of nitrogens with one attached hydrogen (secondary N) is 1. The Bertz CT molecular complexity index is 606. The van der Waals surface area contributed by atoms with Gasteiger partial charge in [-0.05, 0) is 24.8 Å². The number of aromatic nitrogens is 1. The lowest BCUT2D eigenvalue weighted by Crippen LogP contribution is -2.41. The Morgan fingerprint density at radius 3 is 2.48 bits per heavy atom. The van der Waals surface area contributed by atoms with Gasteiger partial charge in [0.2, 0.25) is 15.9 Å². The minimum Gasteiger partial charge on any atom is -0.468 e. The molecule has 1 aromatic heterocycles. The Morgan fingerprint density at radius 1 is 1.39 bits per heavy atom. The summed E-state index contributed by atoms with van der Waals surface area (Å²) in [5.74, 6) is -0.0593. The van der Waals surface area contributed by atoms with Crippen molar-refractivity contribution in [1.29, 1.82) is 0 Å². The number of rotatable bonds is 7. The molecule has 0 radical (unpaired) electrons. The van der Waals surface area contributed by atoms with E-state index in [1.165, 1.54) is 0 Å². The second-order valence-corrected chi connectivity index (χ2v) is 6.75. The van der Waals surface area contributed by atoms with Crippen LogP contribution in [0.2, 0.25) is 0 Å². The summed E-state index contributed by atoms with van der Waals surface area (Å²) >= 11 is 0. The molecule has 23 heavy (non-hydrogen) atoms. The maximum atomic E-state index is 12.1. The van der Waals surface area contributed by atoms with E-state index < -0.39 is 22.8 Å². The van der Waals surface area contributed by atoms with Gasteiger partial charge in [-0.2, -0.15) is 13.2 Å². The number of nitrogens with zero attached hydrogens (tertiary/aromatic N) is 1. The molecule has 11 heteroatoms. The van der Waals surface area contributed by atoms with Gasteiger partial charge in [0.1, 0.15) is 4.90 Å². The van der Waals surface area contributed by atoms with Crippen molar-refractivity contribution in [3.8, 4) is 5.88 Å². The first-order valence-corrected chi connectivity index (χ1v) is 8.07. The van der Waals surface area contributed by atoms with E-state index in [1.807, 2.05) is 0 Å². The molecule has 0 aliphatic heterocycles. The van der Waals surface area contributed by atoms with Crippen LogP contribution in [0.3, 0.4) is 0 Å². The van der Waals surface area contributed by atoms with Gasteiger partial charge in [-0.3, -0.25) is 0 Å². The molecule has 0 bridgehead atoms. The summed E-state index contributed by atoms with van der Waals surface area (Å²) in [7, 11) is -3.81. The predicted octanol–water partition coefficient (Wildman–Crippen LogP) is 1.46. The van der Waals surface area contributed by atoms with Gasteiger partial charge in [0.25, 0.3) is 0 Å². The van der Waals surface area contributed by atoms with Gasteiger partial charge < -0.3 is 10.5 Å². The fraction of sp³-hybridized carbons (Fsp3) is 0.583. The zero-order valence-corrected chi connectivity index (χ0v) is 13.5. The van der Waals surface area contributed by atoms with Gasteiger partial charge in [-0.25, -0.2) is 18.1 Å². The van der Waals surface area contributed by atoms with Gasteiger partial charge in [0.05, 0.1) is 6.20 Å². The van der Waals surface area contributed by atoms with Crippen LogP contribution in [0, 0.1) is 5.92 Å². The van der Waals surface area contributed by atoms with Crippen LogP contribution in [0.15, 0.2) is 23.2 Å². The third-order valence-corrected chi connectivity index (χ3v) is 4.63. The zero-order valence-electron chi connectivity index (χ0n) is 11.9. The molecule has 3 N–H and O–H groups in total. The fourth-order valence-electron chi connectivity index (χ4n) is 1.87. The number of hydrogen-bond acceptors (Lipinski definition) is 5. The van der Waals surface area contributed by atoms with E-state index in [1.54, 1.807) is 0 Å². The Hall–Kier alpha value is -1.10. The number of halogens is 4. The Kier molecular flexibility index (Phi) is 6.63. The summed E-state index contributed by atoms with van der Waals surface area (Å²) in [5.41, 5.74) is 5.53. The van der Waals surface area contributed by atoms with Crippen molar-refractivity contribution in [2.45, 2.75) is 30.0 Å². The molecule has 6 nitrogen and oxygen atoms in total. The molecule has 2 rings (SSSR count). The number of nitrogens with two attached hydrogens (primary N) is 1. The molecule has 0 aromatic carbocycles. The topological polar surface area (TPSA) is 94.3 Å². The largest absolute Gasteiger partial charge is 0.468 e. The highest BCUT2D eigenvalue weighted by atomic mass is 35.5. The van der Waals surface area contributed by atoms with E-state index in [9.17, 15) is 21.6 Å². The average Bonchev–Trinajstić information content (AvgIpc) is 3.27. The SMILES string of the molecule is Cl.NCC(NS(=O)(=O)c1ccc(OCC(F)(F)F)nc1)C1CC1. The maximum Gasteiger partial charge on any atom is 0.422 e. The smallest absolute Gasteiger partial charge is 0.422 e. The van der Waals surface area contributed by atoms with E-state index in [0.717, 1.165) is 31.2 Å². The van der Waals surface area contributed by atoms with Crippen LogP contribution in [0.5, 0.6) is 5.88 Å². The van der Waals surface area contributed by atoms with Crippen molar-refractivity contribution in [3.63, 3.8) is 0 Å². The molecule has 0 saturated heterocycles. The number of hydrogen-bond donors (Lipinski definition) is 2.